The second kappa shape index (κ2) is 9.84. The Morgan fingerprint density at radius 2 is 0.857 bits per heavy atom. The second-order valence-electron chi connectivity index (χ2n) is 9.60. The monoisotopic (exact) mass is 420 g/mol. The lowest BCUT2D eigenvalue weighted by molar-refractivity contribution is 0.550. The van der Waals surface area contributed by atoms with Crippen molar-refractivity contribution in [3.05, 3.63) is 31.2 Å². The van der Waals surface area contributed by atoms with Gasteiger partial charge >= 0.3 is 0 Å². The molecule has 0 fully saturated rings. The van der Waals surface area contributed by atoms with Crippen LogP contribution in [0.2, 0.25) is 0 Å². The Hall–Kier alpha value is -0.740. The third-order valence-corrected chi connectivity index (χ3v) is 8.74. The second-order valence-corrected chi connectivity index (χ2v) is 11.7. The summed E-state index contributed by atoms with van der Waals surface area (Å²) >= 11 is 3.85. The van der Waals surface area contributed by atoms with Crippen molar-refractivity contribution in [2.24, 2.45) is 0 Å². The third kappa shape index (κ3) is 5.44. The molecule has 0 saturated carbocycles. The minimum Gasteiger partial charge on any atom is -0.245 e. The van der Waals surface area contributed by atoms with E-state index in [-0.39, 0.29) is 0 Å². The topological polar surface area (TPSA) is 25.8 Å². The molecule has 0 aliphatic carbocycles. The van der Waals surface area contributed by atoms with Crippen molar-refractivity contribution in [1.29, 1.82) is 0 Å². The Bertz CT molecular complexity index is 688. The average molecular weight is 421 g/mol. The van der Waals surface area contributed by atoms with Gasteiger partial charge in [-0.1, -0.05) is 69.2 Å². The molecule has 0 radical (unpaired) electrons. The standard InChI is InChI=1S/C24H40N2S2/c1-13(2)21-19(25-23(27-21)15(5)6)17(9)11-12-18(10)20-22(14(3)4)28-24(26-20)16(7)8/h13-18H,11-12H2,1-10H3. The molecule has 0 aliphatic rings. The van der Waals surface area contributed by atoms with Gasteiger partial charge in [0, 0.05) is 21.6 Å². The Labute approximate surface area is 181 Å². The molecule has 28 heavy (non-hydrogen) atoms. The molecule has 0 spiro atoms. The Balaban J connectivity index is 2.16. The lowest BCUT2D eigenvalue weighted by Gasteiger charge is -2.17. The highest BCUT2D eigenvalue weighted by Gasteiger charge is 2.24. The van der Waals surface area contributed by atoms with Gasteiger partial charge in [0.2, 0.25) is 0 Å². The zero-order valence-electron chi connectivity index (χ0n) is 19.6. The Kier molecular flexibility index (Phi) is 8.27. The largest absolute Gasteiger partial charge is 0.245 e. The molecule has 2 atom stereocenters. The van der Waals surface area contributed by atoms with E-state index < -0.39 is 0 Å². The fourth-order valence-corrected chi connectivity index (χ4v) is 5.91. The van der Waals surface area contributed by atoms with Crippen molar-refractivity contribution in [3.63, 3.8) is 0 Å². The molecule has 0 aliphatic heterocycles. The van der Waals surface area contributed by atoms with Crippen LogP contribution in [0.15, 0.2) is 0 Å². The number of hydrogen-bond acceptors (Lipinski definition) is 4. The summed E-state index contributed by atoms with van der Waals surface area (Å²) in [5.41, 5.74) is 2.70. The van der Waals surface area contributed by atoms with Crippen molar-refractivity contribution in [3.8, 4) is 0 Å². The molecule has 2 unspecified atom stereocenters. The van der Waals surface area contributed by atoms with Crippen LogP contribution in [-0.2, 0) is 0 Å². The van der Waals surface area contributed by atoms with Gasteiger partial charge in [-0.3, -0.25) is 0 Å². The molecule has 0 N–H and O–H groups in total. The first-order valence-electron chi connectivity index (χ1n) is 11.0. The van der Waals surface area contributed by atoms with Crippen LogP contribution in [0, 0.1) is 0 Å². The van der Waals surface area contributed by atoms with E-state index in [1.165, 1.54) is 44.0 Å². The zero-order valence-corrected chi connectivity index (χ0v) is 21.2. The first-order chi connectivity index (χ1) is 13.0. The van der Waals surface area contributed by atoms with Gasteiger partial charge in [0.15, 0.2) is 0 Å². The summed E-state index contributed by atoms with van der Waals surface area (Å²) in [6.07, 6.45) is 2.35. The van der Waals surface area contributed by atoms with Crippen LogP contribution in [0.25, 0.3) is 0 Å². The predicted octanol–water partition coefficient (Wildman–Crippen LogP) is 8.78. The van der Waals surface area contributed by atoms with E-state index in [4.69, 9.17) is 9.97 Å². The van der Waals surface area contributed by atoms with Crippen LogP contribution in [0.3, 0.4) is 0 Å². The normalized spacial score (nSPS) is 14.6. The molecule has 2 aromatic rings. The summed E-state index contributed by atoms with van der Waals surface area (Å²) in [5, 5.41) is 2.59. The number of rotatable bonds is 9. The highest BCUT2D eigenvalue weighted by atomic mass is 32.1. The minimum absolute atomic E-state index is 0.509. The van der Waals surface area contributed by atoms with Crippen LogP contribution in [0.5, 0.6) is 0 Å². The fourth-order valence-electron chi connectivity index (χ4n) is 3.52. The molecule has 0 amide bonds. The van der Waals surface area contributed by atoms with E-state index in [0.29, 0.717) is 35.5 Å². The van der Waals surface area contributed by atoms with Crippen molar-refractivity contribution >= 4 is 22.7 Å². The summed E-state index contributed by atoms with van der Waals surface area (Å²) < 4.78 is 0. The van der Waals surface area contributed by atoms with E-state index in [1.54, 1.807) is 0 Å². The van der Waals surface area contributed by atoms with E-state index in [1.807, 2.05) is 22.7 Å². The molecule has 2 nitrogen and oxygen atoms in total. The van der Waals surface area contributed by atoms with E-state index in [0.717, 1.165) is 0 Å². The summed E-state index contributed by atoms with van der Waals surface area (Å²) in [6.45, 7) is 22.9. The van der Waals surface area contributed by atoms with Crippen LogP contribution >= 0.6 is 22.7 Å². The van der Waals surface area contributed by atoms with Crippen LogP contribution in [0.1, 0.15) is 149 Å². The van der Waals surface area contributed by atoms with Gasteiger partial charge in [-0.15, -0.1) is 22.7 Å². The maximum absolute atomic E-state index is 5.06. The van der Waals surface area contributed by atoms with Crippen LogP contribution in [-0.4, -0.2) is 9.97 Å². The minimum atomic E-state index is 0.509. The lowest BCUT2D eigenvalue weighted by atomic mass is 9.91. The van der Waals surface area contributed by atoms with Crippen LogP contribution in [0.4, 0.5) is 0 Å². The highest BCUT2D eigenvalue weighted by molar-refractivity contribution is 7.12. The van der Waals surface area contributed by atoms with Crippen LogP contribution < -0.4 is 0 Å². The smallest absolute Gasteiger partial charge is 0.0956 e. The van der Waals surface area contributed by atoms with Gasteiger partial charge in [0.1, 0.15) is 0 Å². The summed E-state index contributed by atoms with van der Waals surface area (Å²) in [7, 11) is 0. The van der Waals surface area contributed by atoms with Crippen molar-refractivity contribution < 1.29 is 0 Å². The number of nitrogens with zero attached hydrogens (tertiary/aromatic N) is 2. The zero-order chi connectivity index (χ0) is 21.2. The highest BCUT2D eigenvalue weighted by Crippen LogP contribution is 2.39. The van der Waals surface area contributed by atoms with E-state index in [2.05, 4.69) is 69.2 Å². The molecule has 158 valence electrons. The first-order valence-corrected chi connectivity index (χ1v) is 12.7. The van der Waals surface area contributed by atoms with Gasteiger partial charge in [0.25, 0.3) is 0 Å². The molecular formula is C24H40N2S2. The Morgan fingerprint density at radius 1 is 0.536 bits per heavy atom. The van der Waals surface area contributed by atoms with Crippen molar-refractivity contribution in [2.75, 3.05) is 0 Å². The molecule has 2 rings (SSSR count). The summed E-state index contributed by atoms with van der Waals surface area (Å²) in [4.78, 5) is 13.1. The number of hydrogen-bond donors (Lipinski definition) is 0. The summed E-state index contributed by atoms with van der Waals surface area (Å²) in [5.74, 6) is 3.16. The molecule has 4 heteroatoms. The molecular weight excluding hydrogens is 380 g/mol. The lowest BCUT2D eigenvalue weighted by Crippen LogP contribution is -2.05. The van der Waals surface area contributed by atoms with Gasteiger partial charge in [-0.25, -0.2) is 9.97 Å². The summed E-state index contributed by atoms with van der Waals surface area (Å²) in [6, 6.07) is 0. The van der Waals surface area contributed by atoms with Gasteiger partial charge in [0.05, 0.1) is 21.4 Å². The van der Waals surface area contributed by atoms with Gasteiger partial charge in [-0.2, -0.15) is 0 Å². The molecule has 0 aromatic carbocycles. The molecule has 2 heterocycles. The van der Waals surface area contributed by atoms with Crippen molar-refractivity contribution in [1.82, 2.24) is 9.97 Å². The number of aromatic nitrogens is 2. The molecule has 0 saturated heterocycles. The van der Waals surface area contributed by atoms with Gasteiger partial charge in [-0.05, 0) is 36.5 Å². The molecule has 0 bridgehead atoms. The van der Waals surface area contributed by atoms with Gasteiger partial charge < -0.3 is 0 Å². The Morgan fingerprint density at radius 3 is 1.11 bits per heavy atom. The maximum Gasteiger partial charge on any atom is 0.0956 e. The number of thiazole rings is 2. The molecule has 2 aromatic heterocycles. The maximum atomic E-state index is 5.06. The SMILES string of the molecule is CC(C)c1nc(C(C)CCC(C)c2nc(C(C)C)sc2C(C)C)c(C(C)C)s1. The fraction of sp³-hybridized carbons (Fsp3) is 0.750. The van der Waals surface area contributed by atoms with Crippen molar-refractivity contribution in [2.45, 2.75) is 118 Å². The quantitative estimate of drug-likeness (QED) is 0.405. The van der Waals surface area contributed by atoms with E-state index >= 15 is 0 Å². The van der Waals surface area contributed by atoms with E-state index in [9.17, 15) is 0 Å². The predicted molar refractivity (Wildman–Crippen MR) is 127 cm³/mol. The first kappa shape index (κ1) is 23.5. The third-order valence-electron chi connectivity index (χ3n) is 5.40. The average Bonchev–Trinajstić information content (AvgIpc) is 3.24.